The number of aromatic amines is 1. The van der Waals surface area contributed by atoms with Crippen LogP contribution in [-0.2, 0) is 0 Å². The van der Waals surface area contributed by atoms with Crippen LogP contribution in [0.25, 0.3) is 33.9 Å². The lowest BCUT2D eigenvalue weighted by molar-refractivity contribution is 0.596. The van der Waals surface area contributed by atoms with Gasteiger partial charge in [0.15, 0.2) is 11.4 Å². The van der Waals surface area contributed by atoms with Gasteiger partial charge in [-0.25, -0.2) is 0 Å². The third-order valence-electron chi connectivity index (χ3n) is 3.43. The van der Waals surface area contributed by atoms with Gasteiger partial charge in [-0.05, 0) is 42.4 Å². The zero-order valence-corrected chi connectivity index (χ0v) is 12.1. The fourth-order valence-corrected chi connectivity index (χ4v) is 2.50. The number of H-pyrrole nitrogens is 1. The summed E-state index contributed by atoms with van der Waals surface area (Å²) < 4.78 is 6.07. The molecule has 0 amide bonds. The Balaban J connectivity index is 1.93. The van der Waals surface area contributed by atoms with Gasteiger partial charge < -0.3 is 9.40 Å². The summed E-state index contributed by atoms with van der Waals surface area (Å²) in [7, 11) is 0. The number of nitrogens with zero attached hydrogens (tertiary/aromatic N) is 2. The first kappa shape index (κ1) is 12.2. The molecule has 0 unspecified atom stereocenters. The molecular weight excluding hydrogens is 282 g/mol. The number of rotatable bonds is 1. The standard InChI is InChI=1S/C16H11N3OS/c1-9-2-4-10(5-3-9)11-6-7-12-13(8-11)20-15-14(17-12)18-16(21)19-15/h2-8H,1H3,(H,17,18,21). The van der Waals surface area contributed by atoms with Crippen molar-refractivity contribution in [2.75, 3.05) is 0 Å². The van der Waals surface area contributed by atoms with Crippen LogP contribution in [0.4, 0.5) is 0 Å². The molecule has 2 aromatic rings. The fourth-order valence-electron chi connectivity index (χ4n) is 2.33. The van der Waals surface area contributed by atoms with Crippen molar-refractivity contribution in [3.8, 4) is 22.8 Å². The van der Waals surface area contributed by atoms with E-state index in [-0.39, 0.29) is 0 Å². The van der Waals surface area contributed by atoms with Crippen LogP contribution >= 0.6 is 12.2 Å². The molecule has 21 heavy (non-hydrogen) atoms. The smallest absolute Gasteiger partial charge is 0.266 e. The maximum Gasteiger partial charge on any atom is 0.266 e. The quantitative estimate of drug-likeness (QED) is 0.530. The molecule has 0 aromatic heterocycles. The molecule has 0 radical (unpaired) electrons. The lowest BCUT2D eigenvalue weighted by atomic mass is 10.0. The SMILES string of the molecule is Cc1ccc(-c2ccc3[nH]c4nc(=S)nc-4oc3c2)cc1. The molecule has 5 heteroatoms. The van der Waals surface area contributed by atoms with E-state index in [0.29, 0.717) is 16.5 Å². The second-order valence-corrected chi connectivity index (χ2v) is 5.33. The second-order valence-electron chi connectivity index (χ2n) is 4.96. The third kappa shape index (κ3) is 2.11. The van der Waals surface area contributed by atoms with Crippen molar-refractivity contribution < 1.29 is 4.42 Å². The number of imidazole rings is 1. The number of fused-ring (bicyclic) bond motifs is 2. The largest absolute Gasteiger partial charge is 0.434 e. The van der Waals surface area contributed by atoms with Gasteiger partial charge in [-0.3, -0.25) is 0 Å². The van der Waals surface area contributed by atoms with Gasteiger partial charge in [0.25, 0.3) is 5.89 Å². The average molecular weight is 293 g/mol. The lowest BCUT2D eigenvalue weighted by Gasteiger charge is -2.05. The van der Waals surface area contributed by atoms with Crippen molar-refractivity contribution in [2.24, 2.45) is 0 Å². The number of aromatic nitrogens is 3. The number of nitrogens with one attached hydrogen (secondary N) is 1. The van der Waals surface area contributed by atoms with Crippen molar-refractivity contribution >= 4 is 23.3 Å². The molecule has 4 rings (SSSR count). The van der Waals surface area contributed by atoms with Gasteiger partial charge >= 0.3 is 0 Å². The lowest BCUT2D eigenvalue weighted by Crippen LogP contribution is -1.88. The molecule has 2 aliphatic rings. The normalized spacial score (nSPS) is 11.3. The van der Waals surface area contributed by atoms with Crippen molar-refractivity contribution in [3.63, 3.8) is 0 Å². The highest BCUT2D eigenvalue weighted by Crippen LogP contribution is 2.27. The number of hydrogen-bond acceptors (Lipinski definition) is 4. The minimum absolute atomic E-state index is 0.291. The summed E-state index contributed by atoms with van der Waals surface area (Å²) in [6.45, 7) is 2.08. The first-order chi connectivity index (χ1) is 10.2. The summed E-state index contributed by atoms with van der Waals surface area (Å²) in [5.74, 6) is 1.02. The number of aryl methyl sites for hydroxylation is 1. The van der Waals surface area contributed by atoms with E-state index < -0.39 is 0 Å². The van der Waals surface area contributed by atoms with Crippen molar-refractivity contribution in [1.82, 2.24) is 15.0 Å². The second kappa shape index (κ2) is 4.49. The highest BCUT2D eigenvalue weighted by molar-refractivity contribution is 7.71. The molecule has 0 aliphatic carbocycles. The van der Waals surface area contributed by atoms with Crippen molar-refractivity contribution in [3.05, 3.63) is 52.8 Å². The van der Waals surface area contributed by atoms with Crippen LogP contribution in [0.5, 0.6) is 0 Å². The molecule has 0 bridgehead atoms. The zero-order chi connectivity index (χ0) is 14.4. The van der Waals surface area contributed by atoms with Gasteiger partial charge in [-0.15, -0.1) is 0 Å². The maximum atomic E-state index is 5.78. The Morgan fingerprint density at radius 3 is 2.57 bits per heavy atom. The average Bonchev–Trinajstić information content (AvgIpc) is 2.84. The van der Waals surface area contributed by atoms with Gasteiger partial charge in [0.05, 0.1) is 5.52 Å². The Bertz CT molecular complexity index is 969. The molecule has 0 saturated heterocycles. The first-order valence-corrected chi connectivity index (χ1v) is 6.97. The Morgan fingerprint density at radius 2 is 1.76 bits per heavy atom. The summed E-state index contributed by atoms with van der Waals surface area (Å²) in [6.07, 6.45) is 0. The van der Waals surface area contributed by atoms with E-state index in [2.05, 4.69) is 52.2 Å². The van der Waals surface area contributed by atoms with Gasteiger partial charge in [0.1, 0.15) is 0 Å². The molecular formula is C16H11N3OS. The first-order valence-electron chi connectivity index (χ1n) is 6.57. The molecule has 4 nitrogen and oxygen atoms in total. The van der Waals surface area contributed by atoms with E-state index in [1.807, 2.05) is 12.1 Å². The number of hydrogen-bond donors (Lipinski definition) is 1. The monoisotopic (exact) mass is 293 g/mol. The Morgan fingerprint density at radius 1 is 1.00 bits per heavy atom. The van der Waals surface area contributed by atoms with Gasteiger partial charge in [-0.2, -0.15) is 9.97 Å². The Hall–Kier alpha value is -2.53. The summed E-state index contributed by atoms with van der Waals surface area (Å²) >= 11 is 4.96. The molecule has 0 saturated carbocycles. The van der Waals surface area contributed by atoms with Crippen molar-refractivity contribution in [1.29, 1.82) is 0 Å². The molecule has 2 aromatic carbocycles. The zero-order valence-electron chi connectivity index (χ0n) is 11.3. The summed E-state index contributed by atoms with van der Waals surface area (Å²) in [4.78, 5) is 11.4. The van der Waals surface area contributed by atoms with Gasteiger partial charge in [0.2, 0.25) is 4.77 Å². The Labute approximate surface area is 125 Å². The van der Waals surface area contributed by atoms with Crippen LogP contribution in [0.15, 0.2) is 46.9 Å². The summed E-state index contributed by atoms with van der Waals surface area (Å²) in [6, 6.07) is 14.4. The predicted molar refractivity (Wildman–Crippen MR) is 83.8 cm³/mol. The topological polar surface area (TPSA) is 54.7 Å². The molecule has 2 aliphatic heterocycles. The van der Waals surface area contributed by atoms with Crippen LogP contribution in [0.2, 0.25) is 0 Å². The highest BCUT2D eigenvalue weighted by atomic mass is 32.1. The van der Waals surface area contributed by atoms with Gasteiger partial charge in [0, 0.05) is 0 Å². The van der Waals surface area contributed by atoms with Crippen LogP contribution < -0.4 is 0 Å². The fraction of sp³-hybridized carbons (Fsp3) is 0.0625. The van der Waals surface area contributed by atoms with Crippen LogP contribution in [-0.4, -0.2) is 15.0 Å². The van der Waals surface area contributed by atoms with Crippen LogP contribution in [0, 0.1) is 11.7 Å². The predicted octanol–water partition coefficient (Wildman–Crippen LogP) is 4.36. The van der Waals surface area contributed by atoms with Crippen LogP contribution in [0.1, 0.15) is 5.56 Å². The van der Waals surface area contributed by atoms with Crippen LogP contribution in [0.3, 0.4) is 0 Å². The molecule has 0 spiro atoms. The van der Waals surface area contributed by atoms with E-state index in [1.165, 1.54) is 5.56 Å². The number of benzene rings is 2. The maximum absolute atomic E-state index is 5.78. The third-order valence-corrected chi connectivity index (χ3v) is 3.62. The van der Waals surface area contributed by atoms with E-state index in [1.54, 1.807) is 0 Å². The molecule has 102 valence electrons. The summed E-state index contributed by atoms with van der Waals surface area (Å²) in [5, 5.41) is 0. The highest BCUT2D eigenvalue weighted by Gasteiger charge is 2.12. The molecule has 1 N–H and O–H groups in total. The molecule has 2 heterocycles. The van der Waals surface area contributed by atoms with Crippen molar-refractivity contribution in [2.45, 2.75) is 6.92 Å². The van der Waals surface area contributed by atoms with E-state index in [9.17, 15) is 0 Å². The molecule has 0 atom stereocenters. The molecule has 0 fully saturated rings. The minimum Gasteiger partial charge on any atom is -0.434 e. The summed E-state index contributed by atoms with van der Waals surface area (Å²) in [5.41, 5.74) is 5.08. The minimum atomic E-state index is 0.291. The van der Waals surface area contributed by atoms with Gasteiger partial charge in [-0.1, -0.05) is 35.9 Å². The van der Waals surface area contributed by atoms with E-state index >= 15 is 0 Å². The van der Waals surface area contributed by atoms with E-state index in [0.717, 1.165) is 22.2 Å². The Kier molecular flexibility index (Phi) is 2.62. The van der Waals surface area contributed by atoms with E-state index in [4.69, 9.17) is 16.6 Å².